The molecule has 0 radical (unpaired) electrons. The number of hydrogen-bond donors (Lipinski definition) is 2. The van der Waals surface area contributed by atoms with Crippen LogP contribution in [-0.2, 0) is 14.3 Å². The summed E-state index contributed by atoms with van der Waals surface area (Å²) in [5.74, 6) is 0.142. The van der Waals surface area contributed by atoms with E-state index in [2.05, 4.69) is 10.6 Å². The maximum absolute atomic E-state index is 11.5. The van der Waals surface area contributed by atoms with E-state index in [1.54, 1.807) is 6.92 Å². The molecule has 1 saturated heterocycles. The first-order valence-corrected chi connectivity index (χ1v) is 5.91. The van der Waals surface area contributed by atoms with E-state index in [1.165, 1.54) is 0 Å². The minimum Gasteiger partial charge on any atom is -0.465 e. The third-order valence-corrected chi connectivity index (χ3v) is 3.00. The molecule has 1 aliphatic carbocycles. The van der Waals surface area contributed by atoms with Gasteiger partial charge >= 0.3 is 5.97 Å². The van der Waals surface area contributed by atoms with Crippen molar-refractivity contribution in [3.05, 3.63) is 0 Å². The Morgan fingerprint density at radius 1 is 1.41 bits per heavy atom. The van der Waals surface area contributed by atoms with Crippen molar-refractivity contribution in [3.63, 3.8) is 0 Å². The van der Waals surface area contributed by atoms with Crippen LogP contribution >= 0.6 is 12.4 Å². The molecule has 2 aliphatic rings. The van der Waals surface area contributed by atoms with Gasteiger partial charge in [-0.25, -0.2) is 0 Å². The van der Waals surface area contributed by atoms with E-state index in [1.807, 2.05) is 0 Å². The van der Waals surface area contributed by atoms with Gasteiger partial charge in [-0.3, -0.25) is 9.59 Å². The molecule has 0 unspecified atom stereocenters. The van der Waals surface area contributed by atoms with Gasteiger partial charge in [0.2, 0.25) is 5.91 Å². The summed E-state index contributed by atoms with van der Waals surface area (Å²) in [5.41, 5.74) is 0. The quantitative estimate of drug-likeness (QED) is 0.712. The fraction of sp³-hybridized carbons (Fsp3) is 0.818. The van der Waals surface area contributed by atoms with Gasteiger partial charge in [0.15, 0.2) is 0 Å². The number of halogens is 1. The van der Waals surface area contributed by atoms with Crippen LogP contribution in [0.4, 0.5) is 0 Å². The SMILES string of the molecule is CCOC(=O)[C@@H]1C[C@@H](NC(=O)C2CC2)CN1.Cl. The van der Waals surface area contributed by atoms with Crippen molar-refractivity contribution in [2.75, 3.05) is 13.2 Å². The minimum absolute atomic E-state index is 0. The van der Waals surface area contributed by atoms with Gasteiger partial charge in [0, 0.05) is 18.5 Å². The lowest BCUT2D eigenvalue weighted by molar-refractivity contribution is -0.145. The van der Waals surface area contributed by atoms with E-state index in [9.17, 15) is 9.59 Å². The van der Waals surface area contributed by atoms with Crippen LogP contribution in [0.5, 0.6) is 0 Å². The summed E-state index contributed by atoms with van der Waals surface area (Å²) in [6.45, 7) is 2.84. The molecule has 1 saturated carbocycles. The second kappa shape index (κ2) is 6.21. The summed E-state index contributed by atoms with van der Waals surface area (Å²) >= 11 is 0. The van der Waals surface area contributed by atoms with Crippen LogP contribution in [-0.4, -0.2) is 37.1 Å². The van der Waals surface area contributed by atoms with Crippen LogP contribution < -0.4 is 10.6 Å². The average Bonchev–Trinajstić information content (AvgIpc) is 3.00. The molecule has 2 N–H and O–H groups in total. The normalized spacial score (nSPS) is 27.1. The summed E-state index contributed by atoms with van der Waals surface area (Å²) in [4.78, 5) is 22.9. The Kier molecular flexibility index (Phi) is 5.21. The minimum atomic E-state index is -0.260. The Morgan fingerprint density at radius 3 is 2.71 bits per heavy atom. The number of hydrogen-bond acceptors (Lipinski definition) is 4. The van der Waals surface area contributed by atoms with Gasteiger partial charge in [-0.05, 0) is 26.2 Å². The number of ether oxygens (including phenoxy) is 1. The molecule has 0 bridgehead atoms. The standard InChI is InChI=1S/C11H18N2O3.ClH/c1-2-16-11(15)9-5-8(6-12-9)13-10(14)7-3-4-7;/h7-9,12H,2-6H2,1H3,(H,13,14);1H/t8-,9+;/m1./s1. The zero-order valence-corrected chi connectivity index (χ0v) is 10.7. The molecule has 17 heavy (non-hydrogen) atoms. The molecule has 1 heterocycles. The van der Waals surface area contributed by atoms with E-state index in [0.717, 1.165) is 12.8 Å². The number of carbonyl (C=O) groups is 2. The van der Waals surface area contributed by atoms with Gasteiger partial charge in [-0.15, -0.1) is 12.4 Å². The second-order valence-electron chi connectivity index (χ2n) is 4.43. The molecule has 0 aromatic heterocycles. The first kappa shape index (κ1) is 14.3. The predicted octanol–water partition coefficient (Wildman–Crippen LogP) is 0.228. The fourth-order valence-corrected chi connectivity index (χ4v) is 1.93. The van der Waals surface area contributed by atoms with Gasteiger partial charge in [0.25, 0.3) is 0 Å². The van der Waals surface area contributed by atoms with Crippen molar-refractivity contribution in [1.82, 2.24) is 10.6 Å². The third-order valence-electron chi connectivity index (χ3n) is 3.00. The number of nitrogens with one attached hydrogen (secondary N) is 2. The van der Waals surface area contributed by atoms with Gasteiger partial charge in [0.1, 0.15) is 6.04 Å². The van der Waals surface area contributed by atoms with E-state index in [4.69, 9.17) is 4.74 Å². The average molecular weight is 263 g/mol. The molecule has 0 spiro atoms. The molecule has 0 aromatic carbocycles. The Hall–Kier alpha value is -0.810. The van der Waals surface area contributed by atoms with Crippen LogP contribution in [0.3, 0.4) is 0 Å². The highest BCUT2D eigenvalue weighted by Gasteiger charge is 2.35. The smallest absolute Gasteiger partial charge is 0.323 e. The largest absolute Gasteiger partial charge is 0.465 e. The molecule has 98 valence electrons. The number of amides is 1. The summed E-state index contributed by atoms with van der Waals surface area (Å²) < 4.78 is 4.92. The second-order valence-corrected chi connectivity index (χ2v) is 4.43. The highest BCUT2D eigenvalue weighted by Crippen LogP contribution is 2.29. The lowest BCUT2D eigenvalue weighted by Gasteiger charge is -2.11. The molecule has 0 aromatic rings. The maximum atomic E-state index is 11.5. The summed E-state index contributed by atoms with van der Waals surface area (Å²) in [6.07, 6.45) is 2.65. The molecular formula is C11H19ClN2O3. The van der Waals surface area contributed by atoms with E-state index in [-0.39, 0.29) is 42.3 Å². The summed E-state index contributed by atoms with van der Waals surface area (Å²) in [5, 5.41) is 6.03. The summed E-state index contributed by atoms with van der Waals surface area (Å²) in [7, 11) is 0. The zero-order valence-electron chi connectivity index (χ0n) is 9.90. The zero-order chi connectivity index (χ0) is 11.5. The van der Waals surface area contributed by atoms with Crippen molar-refractivity contribution in [2.45, 2.75) is 38.3 Å². The molecule has 2 fully saturated rings. The van der Waals surface area contributed by atoms with Crippen LogP contribution in [0.2, 0.25) is 0 Å². The monoisotopic (exact) mass is 262 g/mol. The number of esters is 1. The molecule has 1 aliphatic heterocycles. The molecule has 2 rings (SSSR count). The van der Waals surface area contributed by atoms with Crippen molar-refractivity contribution in [3.8, 4) is 0 Å². The molecule has 1 amide bonds. The van der Waals surface area contributed by atoms with Crippen molar-refractivity contribution in [2.24, 2.45) is 5.92 Å². The van der Waals surface area contributed by atoms with Crippen LogP contribution in [0.1, 0.15) is 26.2 Å². The lowest BCUT2D eigenvalue weighted by atomic mass is 10.1. The van der Waals surface area contributed by atoms with Gasteiger partial charge < -0.3 is 15.4 Å². The van der Waals surface area contributed by atoms with Crippen molar-refractivity contribution in [1.29, 1.82) is 0 Å². The first-order valence-electron chi connectivity index (χ1n) is 5.91. The van der Waals surface area contributed by atoms with Gasteiger partial charge in [-0.2, -0.15) is 0 Å². The molecule has 5 nitrogen and oxygen atoms in total. The van der Waals surface area contributed by atoms with Gasteiger partial charge in [-0.1, -0.05) is 0 Å². The lowest BCUT2D eigenvalue weighted by Crippen LogP contribution is -2.37. The van der Waals surface area contributed by atoms with E-state index >= 15 is 0 Å². The number of carbonyl (C=O) groups excluding carboxylic acids is 2. The Morgan fingerprint density at radius 2 is 2.12 bits per heavy atom. The Labute approximate surface area is 107 Å². The topological polar surface area (TPSA) is 67.4 Å². The molecule has 2 atom stereocenters. The van der Waals surface area contributed by atoms with Crippen molar-refractivity contribution >= 4 is 24.3 Å². The van der Waals surface area contributed by atoms with Crippen LogP contribution in [0, 0.1) is 5.92 Å². The Bertz CT molecular complexity index is 294. The van der Waals surface area contributed by atoms with Gasteiger partial charge in [0.05, 0.1) is 6.61 Å². The fourth-order valence-electron chi connectivity index (χ4n) is 1.93. The van der Waals surface area contributed by atoms with E-state index < -0.39 is 0 Å². The molecule has 6 heteroatoms. The van der Waals surface area contributed by atoms with Crippen LogP contribution in [0.15, 0.2) is 0 Å². The third kappa shape index (κ3) is 3.85. The summed E-state index contributed by atoms with van der Waals surface area (Å²) in [6, 6.07) is -0.188. The first-order chi connectivity index (χ1) is 7.70. The predicted molar refractivity (Wildman–Crippen MR) is 64.9 cm³/mol. The van der Waals surface area contributed by atoms with E-state index in [0.29, 0.717) is 19.6 Å². The van der Waals surface area contributed by atoms with Crippen LogP contribution in [0.25, 0.3) is 0 Å². The number of rotatable bonds is 4. The molecular weight excluding hydrogens is 244 g/mol. The highest BCUT2D eigenvalue weighted by molar-refractivity contribution is 5.85. The maximum Gasteiger partial charge on any atom is 0.323 e. The highest BCUT2D eigenvalue weighted by atomic mass is 35.5. The Balaban J connectivity index is 0.00000144. The van der Waals surface area contributed by atoms with Crippen molar-refractivity contribution < 1.29 is 14.3 Å².